The number of esters is 1. The molecule has 0 aromatic heterocycles. The van der Waals surface area contributed by atoms with Crippen LogP contribution in [0, 0.1) is 0 Å². The summed E-state index contributed by atoms with van der Waals surface area (Å²) < 4.78 is 18.8. The van der Waals surface area contributed by atoms with Crippen molar-refractivity contribution in [3.05, 3.63) is 0 Å². The molecule has 0 radical (unpaired) electrons. The van der Waals surface area contributed by atoms with Crippen molar-refractivity contribution < 1.29 is 68.0 Å². The van der Waals surface area contributed by atoms with Crippen molar-refractivity contribution in [1.29, 1.82) is 0 Å². The summed E-state index contributed by atoms with van der Waals surface area (Å²) in [5, 5.41) is 9.36. The smallest absolute Gasteiger partial charge is 0.548 e. The van der Waals surface area contributed by atoms with Gasteiger partial charge < -0.3 is 28.8 Å². The van der Waals surface area contributed by atoms with Crippen LogP contribution in [0.5, 0.6) is 0 Å². The average Bonchev–Trinajstić information content (AvgIpc) is 2.46. The van der Waals surface area contributed by atoms with Crippen LogP contribution in [0.15, 0.2) is 0 Å². The Bertz CT molecular complexity index is 309. The van der Waals surface area contributed by atoms with Gasteiger partial charge in [0.15, 0.2) is 5.78 Å². The number of hydrogen-bond acceptors (Lipinski definition) is 8. The maximum Gasteiger partial charge on any atom is 1.00 e. The Labute approximate surface area is 159 Å². The molecule has 0 amide bonds. The van der Waals surface area contributed by atoms with E-state index in [1.54, 1.807) is 6.92 Å². The van der Waals surface area contributed by atoms with Gasteiger partial charge in [-0.1, -0.05) is 6.92 Å². The van der Waals surface area contributed by atoms with Crippen molar-refractivity contribution in [3.8, 4) is 0 Å². The van der Waals surface area contributed by atoms with Crippen molar-refractivity contribution in [2.75, 3.05) is 47.3 Å². The number of rotatable bonds is 12. The maximum atomic E-state index is 11.0. The normalized spacial score (nSPS) is 9.17. The Morgan fingerprint density at radius 2 is 1.57 bits per heavy atom. The Morgan fingerprint density at radius 3 is 2.00 bits per heavy atom. The minimum Gasteiger partial charge on any atom is -0.548 e. The zero-order chi connectivity index (χ0) is 17.2. The van der Waals surface area contributed by atoms with Gasteiger partial charge in [0.1, 0.15) is 13.2 Å². The van der Waals surface area contributed by atoms with Gasteiger partial charge in [-0.25, -0.2) is 0 Å². The van der Waals surface area contributed by atoms with E-state index in [0.29, 0.717) is 32.5 Å². The number of Topliss-reactive ketones (excluding diaryl/α,β-unsaturated/α-hetero) is 1. The molecule has 0 saturated heterocycles. The molecular formula is C14H25NaO8. The Kier molecular flexibility index (Phi) is 25.5. The molecule has 0 bridgehead atoms. The first-order valence-corrected chi connectivity index (χ1v) is 6.90. The molecule has 0 aliphatic carbocycles. The van der Waals surface area contributed by atoms with E-state index in [2.05, 4.69) is 4.74 Å². The van der Waals surface area contributed by atoms with Crippen molar-refractivity contribution in [2.24, 2.45) is 0 Å². The Morgan fingerprint density at radius 1 is 0.957 bits per heavy atom. The van der Waals surface area contributed by atoms with Crippen molar-refractivity contribution in [3.63, 3.8) is 0 Å². The summed E-state index contributed by atoms with van der Waals surface area (Å²) >= 11 is 0. The van der Waals surface area contributed by atoms with E-state index in [0.717, 1.165) is 0 Å². The predicted octanol–water partition coefficient (Wildman–Crippen LogP) is -3.66. The van der Waals surface area contributed by atoms with Crippen molar-refractivity contribution in [2.45, 2.75) is 26.2 Å². The van der Waals surface area contributed by atoms with Crippen LogP contribution in [-0.4, -0.2) is 65.0 Å². The zero-order valence-electron chi connectivity index (χ0n) is 14.4. The van der Waals surface area contributed by atoms with Gasteiger partial charge in [0.05, 0.1) is 19.2 Å². The second-order valence-corrected chi connectivity index (χ2v) is 4.07. The van der Waals surface area contributed by atoms with Crippen LogP contribution >= 0.6 is 0 Å². The number of carboxylic acids is 1. The second kappa shape index (κ2) is 21.5. The monoisotopic (exact) mass is 344 g/mol. The Hall–Kier alpha value is -0.510. The third-order valence-electron chi connectivity index (χ3n) is 2.09. The summed E-state index contributed by atoms with van der Waals surface area (Å²) in [6, 6.07) is 0. The van der Waals surface area contributed by atoms with Crippen molar-refractivity contribution >= 4 is 17.7 Å². The molecule has 0 N–H and O–H groups in total. The van der Waals surface area contributed by atoms with E-state index in [9.17, 15) is 19.5 Å². The second-order valence-electron chi connectivity index (χ2n) is 4.07. The quantitative estimate of drug-likeness (QED) is 0.202. The van der Waals surface area contributed by atoms with Gasteiger partial charge >= 0.3 is 35.5 Å². The molecule has 130 valence electrons. The molecule has 0 fully saturated rings. The van der Waals surface area contributed by atoms with Gasteiger partial charge in [0, 0.05) is 33.7 Å². The number of carboxylic acid groups (broad SMARTS) is 1. The molecule has 0 atom stereocenters. The minimum atomic E-state index is -1.18. The first kappa shape index (κ1) is 27.3. The maximum absolute atomic E-state index is 11.0. The number of carbonyl (C=O) groups excluding carboxylic acids is 3. The fourth-order valence-electron chi connectivity index (χ4n) is 1.14. The van der Waals surface area contributed by atoms with E-state index in [4.69, 9.17) is 14.2 Å². The number of ketones is 1. The summed E-state index contributed by atoms with van der Waals surface area (Å²) in [5.74, 6) is -1.33. The predicted molar refractivity (Wildman–Crippen MR) is 75.1 cm³/mol. The van der Waals surface area contributed by atoms with Crippen LogP contribution in [0.1, 0.15) is 26.2 Å². The molecule has 9 heteroatoms. The van der Waals surface area contributed by atoms with Gasteiger partial charge in [0.2, 0.25) is 0 Å². The molecular weight excluding hydrogens is 319 g/mol. The topological polar surface area (TPSA) is 111 Å². The third-order valence-corrected chi connectivity index (χ3v) is 2.09. The van der Waals surface area contributed by atoms with Gasteiger partial charge in [-0.3, -0.25) is 9.59 Å². The number of aliphatic carboxylic acids is 1. The van der Waals surface area contributed by atoms with E-state index in [-0.39, 0.29) is 61.1 Å². The largest absolute Gasteiger partial charge is 1.00 e. The molecule has 0 aromatic rings. The first-order valence-electron chi connectivity index (χ1n) is 6.90. The van der Waals surface area contributed by atoms with Crippen LogP contribution < -0.4 is 34.7 Å². The molecule has 0 aliphatic rings. The summed E-state index contributed by atoms with van der Waals surface area (Å²) in [6.45, 7) is 2.74. The van der Waals surface area contributed by atoms with E-state index in [1.807, 2.05) is 0 Å². The number of hydrogen-bond donors (Lipinski definition) is 0. The standard InChI is InChI=1S/C11H20O5.C3H6O3.Na/c1-3-11(13)16-8-7-15-6-4-5-10(12)9-14-2;1-6-2-3(4)5;/h3-9H2,1-2H3;2H2,1H3,(H,4,5);/q;;+1/p-1. The van der Waals surface area contributed by atoms with Gasteiger partial charge in [-0.05, 0) is 6.42 Å². The first-order chi connectivity index (χ1) is 10.5. The molecule has 0 unspecified atom stereocenters. The molecule has 23 heavy (non-hydrogen) atoms. The molecule has 8 nitrogen and oxygen atoms in total. The summed E-state index contributed by atoms with van der Waals surface area (Å²) in [4.78, 5) is 31.1. The number of ether oxygens (including phenoxy) is 4. The van der Waals surface area contributed by atoms with E-state index < -0.39 is 5.97 Å². The fraction of sp³-hybridized carbons (Fsp3) is 0.786. The molecule has 0 saturated carbocycles. The van der Waals surface area contributed by atoms with Gasteiger partial charge in [-0.15, -0.1) is 0 Å². The van der Waals surface area contributed by atoms with Crippen LogP contribution in [0.3, 0.4) is 0 Å². The average molecular weight is 344 g/mol. The number of carbonyl (C=O) groups is 3. The summed E-state index contributed by atoms with van der Waals surface area (Å²) in [6.07, 6.45) is 1.51. The minimum absolute atomic E-state index is 0. The van der Waals surface area contributed by atoms with Crippen LogP contribution in [0.4, 0.5) is 0 Å². The molecule has 0 spiro atoms. The SMILES string of the molecule is CCC(=O)OCCOCCCC(=O)COC.COCC(=O)[O-].[Na+]. The molecule has 0 aliphatic heterocycles. The van der Waals surface area contributed by atoms with Gasteiger partial charge in [-0.2, -0.15) is 0 Å². The van der Waals surface area contributed by atoms with E-state index >= 15 is 0 Å². The molecule has 0 rings (SSSR count). The number of methoxy groups -OCH3 is 2. The van der Waals surface area contributed by atoms with Crippen LogP contribution in [-0.2, 0) is 33.3 Å². The molecule has 0 heterocycles. The van der Waals surface area contributed by atoms with E-state index in [1.165, 1.54) is 14.2 Å². The Balaban J connectivity index is -0.000000487. The summed E-state index contributed by atoms with van der Waals surface area (Å²) in [7, 11) is 2.80. The third kappa shape index (κ3) is 26.7. The van der Waals surface area contributed by atoms with Gasteiger partial charge in [0.25, 0.3) is 0 Å². The zero-order valence-corrected chi connectivity index (χ0v) is 16.4. The fourth-order valence-corrected chi connectivity index (χ4v) is 1.14. The summed E-state index contributed by atoms with van der Waals surface area (Å²) in [5.41, 5.74) is 0. The molecule has 0 aromatic carbocycles. The van der Waals surface area contributed by atoms with Crippen LogP contribution in [0.2, 0.25) is 0 Å². The van der Waals surface area contributed by atoms with Crippen LogP contribution in [0.25, 0.3) is 0 Å². The van der Waals surface area contributed by atoms with Crippen molar-refractivity contribution in [1.82, 2.24) is 0 Å².